The van der Waals surface area contributed by atoms with Crippen molar-refractivity contribution >= 4 is 27.3 Å². The zero-order chi connectivity index (χ0) is 37.3. The molecule has 6 rings (SSSR count). The number of carbonyl (C=O) groups is 1. The lowest BCUT2D eigenvalue weighted by molar-refractivity contribution is -0.285. The van der Waals surface area contributed by atoms with E-state index in [9.17, 15) is 47.5 Å². The minimum Gasteiger partial charge on any atom is -0.388 e. The van der Waals surface area contributed by atoms with Crippen LogP contribution in [0.25, 0.3) is 5.57 Å². The number of rotatable bonds is 11. The van der Waals surface area contributed by atoms with Gasteiger partial charge in [-0.3, -0.25) is 9.69 Å². The first-order valence-corrected chi connectivity index (χ1v) is 17.9. The van der Waals surface area contributed by atoms with E-state index in [1.165, 1.54) is 72.7 Å². The summed E-state index contributed by atoms with van der Waals surface area (Å²) in [5.41, 5.74) is 2.97. The normalized spacial score (nSPS) is 28.3. The van der Waals surface area contributed by atoms with Crippen LogP contribution in [-0.2, 0) is 24.4 Å². The van der Waals surface area contributed by atoms with Gasteiger partial charge in [-0.15, -0.1) is 0 Å². The van der Waals surface area contributed by atoms with Crippen molar-refractivity contribution in [3.05, 3.63) is 125 Å². The van der Waals surface area contributed by atoms with E-state index in [1.54, 1.807) is 30.4 Å². The van der Waals surface area contributed by atoms with Crippen LogP contribution in [0.1, 0.15) is 30.1 Å². The predicted molar refractivity (Wildman–Crippen MR) is 183 cm³/mol. The summed E-state index contributed by atoms with van der Waals surface area (Å²) in [7, 11) is -3.17. The Bertz CT molecular complexity index is 1970. The number of hydrogen-bond acceptors (Lipinski definition) is 11. The number of carbonyl (C=O) groups excluding carboxylic acids is 1. The van der Waals surface area contributed by atoms with Crippen LogP contribution in [0.2, 0.25) is 0 Å². The number of amides is 1. The molecule has 1 aliphatic carbocycles. The molecule has 3 aromatic rings. The van der Waals surface area contributed by atoms with Gasteiger partial charge in [-0.2, -0.15) is 8.42 Å². The third-order valence-corrected chi connectivity index (χ3v) is 10.4. The van der Waals surface area contributed by atoms with Crippen molar-refractivity contribution in [2.75, 3.05) is 17.8 Å². The molecule has 5 N–H and O–H groups in total. The Labute approximate surface area is 298 Å². The Morgan fingerprint density at radius 2 is 1.50 bits per heavy atom. The van der Waals surface area contributed by atoms with E-state index in [4.69, 9.17) is 13.7 Å². The molecular formula is C37H37F2NO11S. The molecule has 0 aromatic heterocycles. The second-order valence-corrected chi connectivity index (χ2v) is 14.3. The van der Waals surface area contributed by atoms with Crippen molar-refractivity contribution in [1.82, 2.24) is 0 Å². The fourth-order valence-electron chi connectivity index (χ4n) is 6.46. The van der Waals surface area contributed by atoms with Crippen LogP contribution < -0.4 is 9.08 Å². The van der Waals surface area contributed by atoms with E-state index in [2.05, 4.69) is 0 Å². The largest absolute Gasteiger partial charge is 0.388 e. The Morgan fingerprint density at radius 1 is 0.865 bits per heavy atom. The molecule has 12 nitrogen and oxygen atoms in total. The van der Waals surface area contributed by atoms with Crippen LogP contribution in [0.4, 0.5) is 14.5 Å². The number of benzene rings is 3. The summed E-state index contributed by atoms with van der Waals surface area (Å²) in [4.78, 5) is 14.8. The first-order chi connectivity index (χ1) is 24.8. The number of methoxy groups -OCH3 is 1. The van der Waals surface area contributed by atoms with Gasteiger partial charge in [-0.25, -0.2) is 8.78 Å². The standard InChI is InChI=1S/C37H37F2NO11S/c1-49-37-35(45)34(44)33(43)31(50-37)19-52(47,48)51-26-13-4-20(5-14-26)22-6-15-27(30(42)18-22)32-28(16-17-29(41)21-2-7-23(38)8-3-21)36(46)40(32)25-11-9-24(39)10-12-25/h2-15,18,28-31,33-35,37,41-45H,16-17,19H2,1H3/b32-27-. The third kappa shape index (κ3) is 7.86. The lowest BCUT2D eigenvalue weighted by Crippen LogP contribution is -2.59. The molecule has 2 heterocycles. The molecule has 8 unspecified atom stereocenters. The van der Waals surface area contributed by atoms with Gasteiger partial charge in [-0.1, -0.05) is 36.4 Å². The highest BCUT2D eigenvalue weighted by Gasteiger charge is 2.47. The van der Waals surface area contributed by atoms with Gasteiger partial charge in [0.15, 0.2) is 6.29 Å². The third-order valence-electron chi connectivity index (χ3n) is 9.23. The highest BCUT2D eigenvalue weighted by Crippen LogP contribution is 2.44. The first-order valence-electron chi connectivity index (χ1n) is 16.4. The maximum absolute atomic E-state index is 13.7. The molecule has 0 radical (unpaired) electrons. The van der Waals surface area contributed by atoms with Gasteiger partial charge in [0.1, 0.15) is 47.6 Å². The summed E-state index contributed by atoms with van der Waals surface area (Å²) in [6.45, 7) is 0. The number of anilines is 1. The van der Waals surface area contributed by atoms with Crippen molar-refractivity contribution in [1.29, 1.82) is 0 Å². The summed E-state index contributed by atoms with van der Waals surface area (Å²) in [6.07, 6.45) is -4.63. The number of halogens is 2. The number of β-lactam (4-membered cyclic amide) rings is 1. The molecule has 2 saturated heterocycles. The maximum atomic E-state index is 13.7. The zero-order valence-electron chi connectivity index (χ0n) is 27.7. The van der Waals surface area contributed by atoms with Gasteiger partial charge in [0, 0.05) is 24.1 Å². The van der Waals surface area contributed by atoms with Crippen molar-refractivity contribution in [3.63, 3.8) is 0 Å². The van der Waals surface area contributed by atoms with E-state index < -0.39 is 76.3 Å². The molecule has 3 aromatic carbocycles. The minimum atomic E-state index is -4.36. The van der Waals surface area contributed by atoms with E-state index in [1.807, 2.05) is 0 Å². The Hall–Kier alpha value is -4.32. The monoisotopic (exact) mass is 741 g/mol. The molecule has 15 heteroatoms. The number of allylic oxidation sites excluding steroid dienone is 2. The highest BCUT2D eigenvalue weighted by atomic mass is 32.2. The van der Waals surface area contributed by atoms with Crippen molar-refractivity contribution < 1.29 is 61.2 Å². The summed E-state index contributed by atoms with van der Waals surface area (Å²) in [5, 5.41) is 52.3. The molecule has 52 heavy (non-hydrogen) atoms. The Morgan fingerprint density at radius 3 is 2.12 bits per heavy atom. The molecule has 0 saturated carbocycles. The van der Waals surface area contributed by atoms with E-state index in [-0.39, 0.29) is 24.5 Å². The van der Waals surface area contributed by atoms with Gasteiger partial charge >= 0.3 is 10.1 Å². The predicted octanol–water partition coefficient (Wildman–Crippen LogP) is 2.87. The van der Waals surface area contributed by atoms with E-state index >= 15 is 0 Å². The summed E-state index contributed by atoms with van der Waals surface area (Å²) < 4.78 is 68.1. The van der Waals surface area contributed by atoms with Crippen LogP contribution in [0.3, 0.4) is 0 Å². The van der Waals surface area contributed by atoms with Gasteiger partial charge in [0.25, 0.3) is 0 Å². The number of ether oxygens (including phenoxy) is 2. The molecule has 2 aliphatic heterocycles. The molecule has 276 valence electrons. The second-order valence-electron chi connectivity index (χ2n) is 12.7. The average Bonchev–Trinajstić information content (AvgIpc) is 3.12. The summed E-state index contributed by atoms with van der Waals surface area (Å²) in [5.74, 6) is -2.82. The van der Waals surface area contributed by atoms with E-state index in [0.717, 1.165) is 0 Å². The fourth-order valence-corrected chi connectivity index (χ4v) is 7.61. The minimum absolute atomic E-state index is 0.0599. The van der Waals surface area contributed by atoms with Crippen LogP contribution in [-0.4, -0.2) is 89.5 Å². The lowest BCUT2D eigenvalue weighted by Gasteiger charge is -2.44. The number of aliphatic hydroxyl groups is 5. The highest BCUT2D eigenvalue weighted by molar-refractivity contribution is 7.87. The summed E-state index contributed by atoms with van der Waals surface area (Å²) >= 11 is 0. The van der Waals surface area contributed by atoms with Gasteiger partial charge in [-0.05, 0) is 84.1 Å². The molecule has 0 bridgehead atoms. The quantitative estimate of drug-likeness (QED) is 0.144. The molecule has 3 aliphatic rings. The molecule has 8 atom stereocenters. The van der Waals surface area contributed by atoms with Crippen LogP contribution in [0.5, 0.6) is 5.75 Å². The molecule has 2 fully saturated rings. The molecule has 1 amide bonds. The smallest absolute Gasteiger partial charge is 0.311 e. The van der Waals surface area contributed by atoms with Crippen LogP contribution >= 0.6 is 0 Å². The maximum Gasteiger partial charge on any atom is 0.311 e. The SMILES string of the molecule is COC1OC(CS(=O)(=O)Oc2ccc(C3=CC(O)/C(=C4/C(CCC(O)c5ccc(F)cc5)C(=O)N4c4ccc(F)cc4)C=C3)cc2)C(O)C(O)C1O. The molecule has 0 spiro atoms. The Balaban J connectivity index is 1.17. The van der Waals surface area contributed by atoms with Crippen molar-refractivity contribution in [2.45, 2.75) is 55.8 Å². The van der Waals surface area contributed by atoms with Crippen LogP contribution in [0.15, 0.2) is 102 Å². The fraction of sp³-hybridized carbons (Fsp3) is 0.324. The van der Waals surface area contributed by atoms with E-state index in [0.29, 0.717) is 33.7 Å². The first kappa shape index (κ1) is 37.4. The van der Waals surface area contributed by atoms with Gasteiger partial charge in [0.2, 0.25) is 5.91 Å². The van der Waals surface area contributed by atoms with Crippen molar-refractivity contribution in [2.24, 2.45) is 5.92 Å². The number of aliphatic hydroxyl groups excluding tert-OH is 5. The molecular weight excluding hydrogens is 704 g/mol. The zero-order valence-corrected chi connectivity index (χ0v) is 28.5. The topological polar surface area (TPSA) is 183 Å². The lowest BCUT2D eigenvalue weighted by atomic mass is 9.81. The second kappa shape index (κ2) is 15.3. The van der Waals surface area contributed by atoms with Gasteiger partial charge < -0.3 is 39.2 Å². The average molecular weight is 742 g/mol. The number of hydrogen-bond donors (Lipinski definition) is 5. The van der Waals surface area contributed by atoms with Crippen molar-refractivity contribution in [3.8, 4) is 5.75 Å². The number of nitrogens with zero attached hydrogens (tertiary/aromatic N) is 1. The summed E-state index contributed by atoms with van der Waals surface area (Å²) in [6, 6.07) is 16.7. The van der Waals surface area contributed by atoms with Gasteiger partial charge in [0.05, 0.1) is 18.1 Å². The Kier molecular flexibility index (Phi) is 11.0. The van der Waals surface area contributed by atoms with Crippen LogP contribution in [0, 0.1) is 17.6 Å².